The van der Waals surface area contributed by atoms with Crippen LogP contribution in [0, 0.1) is 0 Å². The van der Waals surface area contributed by atoms with Crippen molar-refractivity contribution in [3.05, 3.63) is 71.2 Å². The molecule has 1 fully saturated rings. The van der Waals surface area contributed by atoms with Crippen LogP contribution in [0.3, 0.4) is 0 Å². The van der Waals surface area contributed by atoms with Gasteiger partial charge in [-0.15, -0.1) is 0 Å². The van der Waals surface area contributed by atoms with E-state index in [4.69, 9.17) is 9.97 Å². The van der Waals surface area contributed by atoms with Gasteiger partial charge in [0.05, 0.1) is 22.2 Å². The first-order valence-electron chi connectivity index (χ1n) is 11.9. The number of thiophene rings is 1. The van der Waals surface area contributed by atoms with E-state index in [2.05, 4.69) is 60.1 Å². The number of imidazole rings is 1. The van der Waals surface area contributed by atoms with E-state index in [0.717, 1.165) is 51.1 Å². The Hall–Kier alpha value is -3.88. The Bertz CT molecular complexity index is 1640. The standard InChI is InChI=1S/C27H23N7S/c1-2-10-34(9-1)15-17-12-19(14-28-13-17)21-6-7-23-25(29-21)26(33-32-23)27-30-22-5-3-4-20(24(22)31-27)18-8-11-35-16-18/h3-8,11-14,16H,1-2,9-10,15H2,(H,30,31)(H,32,33). The maximum absolute atomic E-state index is 4.99. The van der Waals surface area contributed by atoms with Gasteiger partial charge < -0.3 is 4.98 Å². The van der Waals surface area contributed by atoms with Gasteiger partial charge in [-0.3, -0.25) is 15.0 Å². The molecule has 8 heteroatoms. The number of nitrogens with one attached hydrogen (secondary N) is 2. The Morgan fingerprint density at radius 2 is 1.86 bits per heavy atom. The second kappa shape index (κ2) is 8.41. The molecule has 0 radical (unpaired) electrons. The molecule has 0 aliphatic carbocycles. The highest BCUT2D eigenvalue weighted by Gasteiger charge is 2.17. The van der Waals surface area contributed by atoms with Gasteiger partial charge in [-0.1, -0.05) is 12.1 Å². The Morgan fingerprint density at radius 3 is 2.74 bits per heavy atom. The first kappa shape index (κ1) is 20.5. The monoisotopic (exact) mass is 477 g/mol. The van der Waals surface area contributed by atoms with Crippen molar-refractivity contribution < 1.29 is 0 Å². The Balaban J connectivity index is 1.28. The van der Waals surface area contributed by atoms with Crippen LogP contribution in [0.25, 0.3) is 56.0 Å². The summed E-state index contributed by atoms with van der Waals surface area (Å²) in [5.41, 5.74) is 9.71. The van der Waals surface area contributed by atoms with Crippen molar-refractivity contribution in [2.45, 2.75) is 19.4 Å². The van der Waals surface area contributed by atoms with Gasteiger partial charge in [-0.2, -0.15) is 16.4 Å². The van der Waals surface area contributed by atoms with E-state index in [1.165, 1.54) is 37.1 Å². The van der Waals surface area contributed by atoms with Gasteiger partial charge in [0.15, 0.2) is 11.5 Å². The first-order chi connectivity index (χ1) is 17.3. The number of benzene rings is 1. The lowest BCUT2D eigenvalue weighted by molar-refractivity contribution is 0.331. The van der Waals surface area contributed by atoms with Gasteiger partial charge in [-0.25, -0.2) is 9.97 Å². The smallest absolute Gasteiger partial charge is 0.161 e. The number of likely N-dealkylation sites (tertiary alicyclic amines) is 1. The highest BCUT2D eigenvalue weighted by Crippen LogP contribution is 2.32. The number of nitrogens with zero attached hydrogens (tertiary/aromatic N) is 5. The summed E-state index contributed by atoms with van der Waals surface area (Å²) in [7, 11) is 0. The molecule has 1 aliphatic rings. The van der Waals surface area contributed by atoms with E-state index < -0.39 is 0 Å². The van der Waals surface area contributed by atoms with Crippen molar-refractivity contribution in [2.24, 2.45) is 0 Å². The van der Waals surface area contributed by atoms with E-state index >= 15 is 0 Å². The molecule has 7 rings (SSSR count). The minimum absolute atomic E-state index is 0.708. The van der Waals surface area contributed by atoms with Gasteiger partial charge in [0.25, 0.3) is 0 Å². The third kappa shape index (κ3) is 3.71. The zero-order chi connectivity index (χ0) is 23.2. The fourth-order valence-corrected chi connectivity index (χ4v) is 5.59. The lowest BCUT2D eigenvalue weighted by atomic mass is 10.1. The molecule has 35 heavy (non-hydrogen) atoms. The normalized spacial score (nSPS) is 14.4. The minimum Gasteiger partial charge on any atom is -0.336 e. The molecule has 1 aliphatic heterocycles. The highest BCUT2D eigenvalue weighted by atomic mass is 32.1. The molecule has 1 saturated heterocycles. The van der Waals surface area contributed by atoms with Crippen LogP contribution in [0.15, 0.2) is 65.6 Å². The number of pyridine rings is 2. The number of aromatic amines is 2. The van der Waals surface area contributed by atoms with Gasteiger partial charge in [0, 0.05) is 30.1 Å². The molecule has 6 aromatic rings. The number of rotatable bonds is 5. The molecule has 0 unspecified atom stereocenters. The minimum atomic E-state index is 0.708. The third-order valence-corrected chi connectivity index (χ3v) is 7.36. The van der Waals surface area contributed by atoms with Gasteiger partial charge in [0.2, 0.25) is 0 Å². The van der Waals surface area contributed by atoms with E-state index in [1.54, 1.807) is 11.3 Å². The molecule has 0 atom stereocenters. The zero-order valence-electron chi connectivity index (χ0n) is 19.0. The largest absolute Gasteiger partial charge is 0.336 e. The van der Waals surface area contributed by atoms with Crippen LogP contribution in [-0.2, 0) is 6.54 Å². The van der Waals surface area contributed by atoms with Gasteiger partial charge in [0.1, 0.15) is 5.52 Å². The number of hydrogen-bond acceptors (Lipinski definition) is 6. The third-order valence-electron chi connectivity index (χ3n) is 6.67. The maximum Gasteiger partial charge on any atom is 0.161 e. The van der Waals surface area contributed by atoms with Crippen LogP contribution < -0.4 is 0 Å². The maximum atomic E-state index is 4.99. The van der Waals surface area contributed by atoms with Gasteiger partial charge in [-0.05, 0) is 78.2 Å². The Morgan fingerprint density at radius 1 is 0.914 bits per heavy atom. The second-order valence-electron chi connectivity index (χ2n) is 9.03. The molecule has 7 nitrogen and oxygen atoms in total. The van der Waals surface area contributed by atoms with Crippen molar-refractivity contribution in [2.75, 3.05) is 13.1 Å². The number of H-pyrrole nitrogens is 2. The average Bonchev–Trinajstić information content (AvgIpc) is 3.70. The first-order valence-corrected chi connectivity index (χ1v) is 12.8. The lowest BCUT2D eigenvalue weighted by Crippen LogP contribution is -2.18. The predicted octanol–water partition coefficient (Wildman–Crippen LogP) is 5.89. The zero-order valence-corrected chi connectivity index (χ0v) is 19.8. The van der Waals surface area contributed by atoms with Crippen LogP contribution in [-0.4, -0.2) is 48.1 Å². The van der Waals surface area contributed by atoms with E-state index in [0.29, 0.717) is 5.82 Å². The average molecular weight is 478 g/mol. The van der Waals surface area contributed by atoms with E-state index in [1.807, 2.05) is 30.6 Å². The van der Waals surface area contributed by atoms with Crippen molar-refractivity contribution in [1.29, 1.82) is 0 Å². The van der Waals surface area contributed by atoms with Crippen molar-refractivity contribution in [3.63, 3.8) is 0 Å². The molecule has 0 spiro atoms. The van der Waals surface area contributed by atoms with Crippen LogP contribution in [0.5, 0.6) is 0 Å². The molecule has 0 bridgehead atoms. The summed E-state index contributed by atoms with van der Waals surface area (Å²) in [6, 6.07) is 14.6. The molecule has 0 saturated carbocycles. The molecular formula is C27H23N7S. The number of para-hydroxylation sites is 1. The van der Waals surface area contributed by atoms with Gasteiger partial charge >= 0.3 is 0 Å². The highest BCUT2D eigenvalue weighted by molar-refractivity contribution is 7.08. The molecule has 172 valence electrons. The number of fused-ring (bicyclic) bond motifs is 2. The quantitative estimate of drug-likeness (QED) is 0.323. The summed E-state index contributed by atoms with van der Waals surface area (Å²) in [6.07, 6.45) is 6.41. The predicted molar refractivity (Wildman–Crippen MR) is 140 cm³/mol. The van der Waals surface area contributed by atoms with Crippen LogP contribution >= 0.6 is 11.3 Å². The fraction of sp³-hybridized carbons (Fsp3) is 0.185. The molecule has 2 N–H and O–H groups in total. The van der Waals surface area contributed by atoms with Crippen LogP contribution in [0.4, 0.5) is 0 Å². The van der Waals surface area contributed by atoms with E-state index in [9.17, 15) is 0 Å². The molecule has 1 aromatic carbocycles. The second-order valence-corrected chi connectivity index (χ2v) is 9.81. The van der Waals surface area contributed by atoms with Crippen LogP contribution in [0.2, 0.25) is 0 Å². The summed E-state index contributed by atoms with van der Waals surface area (Å²) in [5.74, 6) is 0.708. The molecule has 6 heterocycles. The van der Waals surface area contributed by atoms with Crippen LogP contribution in [0.1, 0.15) is 18.4 Å². The summed E-state index contributed by atoms with van der Waals surface area (Å²) in [6.45, 7) is 3.27. The number of aromatic nitrogens is 6. The summed E-state index contributed by atoms with van der Waals surface area (Å²) in [5, 5.41) is 11.9. The van der Waals surface area contributed by atoms with E-state index in [-0.39, 0.29) is 0 Å². The fourth-order valence-electron chi connectivity index (χ4n) is 4.93. The SMILES string of the molecule is c1cc(-c2ccsc2)c2nc(-c3n[nH]c4ccc(-c5cncc(CN6CCCC6)c5)nc34)[nH]c2c1. The number of hydrogen-bond donors (Lipinski definition) is 2. The Kier molecular flexibility index (Phi) is 4.92. The summed E-state index contributed by atoms with van der Waals surface area (Å²) >= 11 is 1.69. The van der Waals surface area contributed by atoms with Crippen molar-refractivity contribution in [3.8, 4) is 33.9 Å². The summed E-state index contributed by atoms with van der Waals surface area (Å²) in [4.78, 5) is 20.4. The Labute approximate surface area is 205 Å². The lowest BCUT2D eigenvalue weighted by Gasteiger charge is -2.14. The summed E-state index contributed by atoms with van der Waals surface area (Å²) < 4.78 is 0. The molecular weight excluding hydrogens is 454 g/mol. The van der Waals surface area contributed by atoms with Crippen molar-refractivity contribution >= 4 is 33.4 Å². The molecule has 5 aromatic heterocycles. The molecule has 0 amide bonds. The van der Waals surface area contributed by atoms with Crippen molar-refractivity contribution in [1.82, 2.24) is 35.0 Å². The topological polar surface area (TPSA) is 86.4 Å².